The van der Waals surface area contributed by atoms with Crippen molar-refractivity contribution in [3.05, 3.63) is 34.2 Å². The van der Waals surface area contributed by atoms with Crippen LogP contribution in [0.4, 0.5) is 0 Å². The molecule has 2 nitrogen and oxygen atoms in total. The van der Waals surface area contributed by atoms with Crippen molar-refractivity contribution in [3.63, 3.8) is 0 Å². The lowest BCUT2D eigenvalue weighted by molar-refractivity contribution is 0.610. The molecule has 0 saturated heterocycles. The van der Waals surface area contributed by atoms with E-state index in [9.17, 15) is 4.79 Å². The van der Waals surface area contributed by atoms with E-state index in [0.29, 0.717) is 5.75 Å². The summed E-state index contributed by atoms with van der Waals surface area (Å²) in [6.45, 7) is 2.93. The number of unbranched alkanes of at least 4 members (excludes halogenated alkanes) is 1. The lowest BCUT2D eigenvalue weighted by atomic mass is 10.3. The van der Waals surface area contributed by atoms with Crippen molar-refractivity contribution in [2.24, 2.45) is 0 Å². The average molecular weight is 197 g/mol. The molecule has 0 amide bonds. The zero-order chi connectivity index (χ0) is 9.68. The average Bonchev–Trinajstić information content (AvgIpc) is 2.16. The summed E-state index contributed by atoms with van der Waals surface area (Å²) in [5.41, 5.74) is 0.882. The first-order chi connectivity index (χ1) is 6.29. The van der Waals surface area contributed by atoms with Gasteiger partial charge in [-0.15, -0.1) is 0 Å². The van der Waals surface area contributed by atoms with Gasteiger partial charge in [-0.2, -0.15) is 12.6 Å². The number of hydrogen-bond acceptors (Lipinski definition) is 2. The van der Waals surface area contributed by atoms with E-state index in [4.69, 9.17) is 0 Å². The molecule has 1 rings (SSSR count). The lowest BCUT2D eigenvalue weighted by Crippen LogP contribution is -2.22. The van der Waals surface area contributed by atoms with Gasteiger partial charge in [0.05, 0.1) is 0 Å². The van der Waals surface area contributed by atoms with Gasteiger partial charge in [-0.05, 0) is 12.5 Å². The summed E-state index contributed by atoms with van der Waals surface area (Å²) in [6.07, 6.45) is 4.00. The van der Waals surface area contributed by atoms with Crippen LogP contribution in [0.25, 0.3) is 0 Å². The van der Waals surface area contributed by atoms with Crippen LogP contribution in [0.1, 0.15) is 25.3 Å². The Hall–Kier alpha value is -0.700. The van der Waals surface area contributed by atoms with Crippen molar-refractivity contribution >= 4 is 12.6 Å². The molecule has 0 unspecified atom stereocenters. The van der Waals surface area contributed by atoms with Crippen LogP contribution in [0.3, 0.4) is 0 Å². The fourth-order valence-electron chi connectivity index (χ4n) is 1.21. The van der Waals surface area contributed by atoms with Crippen molar-refractivity contribution in [2.75, 3.05) is 0 Å². The highest BCUT2D eigenvalue weighted by atomic mass is 32.1. The number of thiol groups is 1. The second kappa shape index (κ2) is 5.12. The third-order valence-corrected chi connectivity index (χ3v) is 2.36. The van der Waals surface area contributed by atoms with E-state index < -0.39 is 0 Å². The van der Waals surface area contributed by atoms with Gasteiger partial charge in [-0.3, -0.25) is 4.79 Å². The van der Waals surface area contributed by atoms with Crippen molar-refractivity contribution in [3.8, 4) is 0 Å². The molecule has 0 bridgehead atoms. The molecular weight excluding hydrogens is 182 g/mol. The standard InChI is InChI=1S/C10H15NOS/c1-2-3-6-11-7-4-5-9(8-13)10(11)12/h4-5,7,13H,2-3,6,8H2,1H3. The summed E-state index contributed by atoms with van der Waals surface area (Å²) in [5.74, 6) is 0.520. The zero-order valence-electron chi connectivity index (χ0n) is 7.86. The van der Waals surface area contributed by atoms with E-state index in [1.807, 2.05) is 18.3 Å². The summed E-state index contributed by atoms with van der Waals surface area (Å²) >= 11 is 4.10. The molecule has 0 atom stereocenters. The minimum atomic E-state index is 0.103. The Kier molecular flexibility index (Phi) is 4.09. The van der Waals surface area contributed by atoms with Crippen LogP contribution in [-0.2, 0) is 12.3 Å². The molecule has 0 saturated carbocycles. The highest BCUT2D eigenvalue weighted by Gasteiger charge is 1.99. The minimum Gasteiger partial charge on any atom is -0.315 e. The molecule has 3 heteroatoms. The third-order valence-electron chi connectivity index (χ3n) is 2.02. The van der Waals surface area contributed by atoms with E-state index in [1.165, 1.54) is 0 Å². The molecule has 72 valence electrons. The topological polar surface area (TPSA) is 22.0 Å². The molecule has 0 N–H and O–H groups in total. The summed E-state index contributed by atoms with van der Waals surface area (Å²) in [4.78, 5) is 11.6. The number of hydrogen-bond donors (Lipinski definition) is 1. The maximum Gasteiger partial charge on any atom is 0.254 e. The molecule has 13 heavy (non-hydrogen) atoms. The third kappa shape index (κ3) is 2.62. The summed E-state index contributed by atoms with van der Waals surface area (Å²) in [6, 6.07) is 3.74. The number of nitrogens with zero attached hydrogens (tertiary/aromatic N) is 1. The second-order valence-corrected chi connectivity index (χ2v) is 3.36. The van der Waals surface area contributed by atoms with E-state index in [1.54, 1.807) is 4.57 Å². The van der Waals surface area contributed by atoms with Gasteiger partial charge in [0, 0.05) is 24.1 Å². The zero-order valence-corrected chi connectivity index (χ0v) is 8.76. The van der Waals surface area contributed by atoms with Gasteiger partial charge in [0.2, 0.25) is 0 Å². The Morgan fingerprint density at radius 1 is 1.54 bits per heavy atom. The predicted octanol–water partition coefficient (Wildman–Crippen LogP) is 2.08. The van der Waals surface area contributed by atoms with E-state index in [0.717, 1.165) is 24.9 Å². The lowest BCUT2D eigenvalue weighted by Gasteiger charge is -2.05. The van der Waals surface area contributed by atoms with Crippen molar-refractivity contribution in [2.45, 2.75) is 32.1 Å². The van der Waals surface area contributed by atoms with E-state index in [2.05, 4.69) is 19.6 Å². The Morgan fingerprint density at radius 3 is 2.92 bits per heavy atom. The van der Waals surface area contributed by atoms with Crippen molar-refractivity contribution in [1.29, 1.82) is 0 Å². The van der Waals surface area contributed by atoms with Crippen LogP contribution in [-0.4, -0.2) is 4.57 Å². The van der Waals surface area contributed by atoms with Crippen molar-refractivity contribution in [1.82, 2.24) is 4.57 Å². The highest BCUT2D eigenvalue weighted by Crippen LogP contribution is 1.97. The molecule has 0 aliphatic heterocycles. The van der Waals surface area contributed by atoms with Gasteiger partial charge in [-0.1, -0.05) is 19.4 Å². The SMILES string of the molecule is CCCCn1cccc(CS)c1=O. The Morgan fingerprint density at radius 2 is 2.31 bits per heavy atom. The molecule has 1 aromatic heterocycles. The van der Waals surface area contributed by atoms with E-state index in [-0.39, 0.29) is 5.56 Å². The van der Waals surface area contributed by atoms with Crippen LogP contribution >= 0.6 is 12.6 Å². The highest BCUT2D eigenvalue weighted by molar-refractivity contribution is 7.79. The maximum atomic E-state index is 11.6. The maximum absolute atomic E-state index is 11.6. The van der Waals surface area contributed by atoms with E-state index >= 15 is 0 Å². The van der Waals surface area contributed by atoms with Crippen LogP contribution in [0.5, 0.6) is 0 Å². The van der Waals surface area contributed by atoms with Crippen LogP contribution in [0.15, 0.2) is 23.1 Å². The number of rotatable bonds is 4. The molecule has 0 radical (unpaired) electrons. The van der Waals surface area contributed by atoms with Gasteiger partial charge in [0.15, 0.2) is 0 Å². The monoisotopic (exact) mass is 197 g/mol. The smallest absolute Gasteiger partial charge is 0.254 e. The Bertz CT molecular complexity index is 319. The number of aromatic nitrogens is 1. The molecule has 0 spiro atoms. The molecule has 1 aromatic rings. The number of aryl methyl sites for hydroxylation is 1. The summed E-state index contributed by atoms with van der Waals surface area (Å²) in [5, 5.41) is 0. The van der Waals surface area contributed by atoms with Crippen LogP contribution in [0, 0.1) is 0 Å². The quantitative estimate of drug-likeness (QED) is 0.733. The Balaban J connectivity index is 2.88. The first-order valence-corrected chi connectivity index (χ1v) is 5.22. The molecule has 0 aliphatic carbocycles. The second-order valence-electron chi connectivity index (χ2n) is 3.04. The largest absolute Gasteiger partial charge is 0.315 e. The van der Waals surface area contributed by atoms with Gasteiger partial charge >= 0.3 is 0 Å². The molecule has 0 aromatic carbocycles. The predicted molar refractivity (Wildman–Crippen MR) is 58.3 cm³/mol. The molecule has 0 aliphatic rings. The van der Waals surface area contributed by atoms with Gasteiger partial charge in [-0.25, -0.2) is 0 Å². The van der Waals surface area contributed by atoms with Gasteiger partial charge < -0.3 is 4.57 Å². The fourth-order valence-corrected chi connectivity index (χ4v) is 1.45. The number of pyridine rings is 1. The van der Waals surface area contributed by atoms with Gasteiger partial charge in [0.25, 0.3) is 5.56 Å². The van der Waals surface area contributed by atoms with Crippen LogP contribution in [0.2, 0.25) is 0 Å². The molecule has 1 heterocycles. The first kappa shape index (κ1) is 10.4. The van der Waals surface area contributed by atoms with Crippen molar-refractivity contribution < 1.29 is 0 Å². The van der Waals surface area contributed by atoms with Crippen LogP contribution < -0.4 is 5.56 Å². The summed E-state index contributed by atoms with van der Waals surface area (Å²) in [7, 11) is 0. The fraction of sp³-hybridized carbons (Fsp3) is 0.500. The molecule has 0 fully saturated rings. The minimum absolute atomic E-state index is 0.103. The summed E-state index contributed by atoms with van der Waals surface area (Å²) < 4.78 is 1.76. The molecular formula is C10H15NOS. The Labute approximate surface area is 84.0 Å². The van der Waals surface area contributed by atoms with Gasteiger partial charge in [0.1, 0.15) is 0 Å². The first-order valence-electron chi connectivity index (χ1n) is 4.58. The normalized spacial score (nSPS) is 10.3.